The van der Waals surface area contributed by atoms with Crippen LogP contribution in [0.25, 0.3) is 22.2 Å². The number of rotatable bonds is 6. The van der Waals surface area contributed by atoms with Crippen molar-refractivity contribution < 1.29 is 4.74 Å². The molecule has 2 heterocycles. The highest BCUT2D eigenvalue weighted by atomic mass is 16.5. The van der Waals surface area contributed by atoms with Gasteiger partial charge in [-0.15, -0.1) is 0 Å². The first-order valence-electron chi connectivity index (χ1n) is 9.06. The van der Waals surface area contributed by atoms with Crippen LogP contribution in [0.5, 0.6) is 5.75 Å². The van der Waals surface area contributed by atoms with Crippen molar-refractivity contribution in [3.05, 3.63) is 82.8 Å². The van der Waals surface area contributed by atoms with Gasteiger partial charge < -0.3 is 10.1 Å². The lowest BCUT2D eigenvalue weighted by Crippen LogP contribution is -2.16. The molecule has 6 heteroatoms. The largest absolute Gasteiger partial charge is 0.497 e. The molecule has 2 aromatic carbocycles. The Morgan fingerprint density at radius 2 is 1.93 bits per heavy atom. The Balaban J connectivity index is 1.63. The number of pyridine rings is 1. The summed E-state index contributed by atoms with van der Waals surface area (Å²) in [4.78, 5) is 24.4. The van der Waals surface area contributed by atoms with Crippen molar-refractivity contribution in [1.82, 2.24) is 15.0 Å². The molecule has 28 heavy (non-hydrogen) atoms. The Bertz CT molecular complexity index is 1160. The molecule has 0 spiro atoms. The zero-order chi connectivity index (χ0) is 19.3. The van der Waals surface area contributed by atoms with Crippen LogP contribution >= 0.6 is 0 Å². The van der Waals surface area contributed by atoms with Gasteiger partial charge in [-0.1, -0.05) is 42.5 Å². The number of methoxy groups -OCH3 is 1. The minimum atomic E-state index is -0.224. The van der Waals surface area contributed by atoms with Gasteiger partial charge in [0, 0.05) is 12.7 Å². The SMILES string of the molecule is COc1cccc(-c2ccnc3nc(NCCc4ccccc4)[nH]c(=O)c23)c1. The molecule has 0 unspecified atom stereocenters. The minimum Gasteiger partial charge on any atom is -0.497 e. The number of ether oxygens (including phenoxy) is 1. The van der Waals surface area contributed by atoms with E-state index in [0.717, 1.165) is 23.3 Å². The Labute approximate surface area is 162 Å². The lowest BCUT2D eigenvalue weighted by molar-refractivity contribution is 0.415. The molecule has 4 rings (SSSR count). The number of nitrogens with one attached hydrogen (secondary N) is 2. The molecule has 2 aromatic heterocycles. The molecule has 0 aliphatic heterocycles. The van der Waals surface area contributed by atoms with E-state index in [-0.39, 0.29) is 5.56 Å². The normalized spacial score (nSPS) is 10.8. The summed E-state index contributed by atoms with van der Waals surface area (Å²) >= 11 is 0. The van der Waals surface area contributed by atoms with Gasteiger partial charge in [-0.05, 0) is 41.3 Å². The average molecular weight is 372 g/mol. The van der Waals surface area contributed by atoms with Crippen molar-refractivity contribution in [2.24, 2.45) is 0 Å². The van der Waals surface area contributed by atoms with E-state index in [4.69, 9.17) is 4.74 Å². The van der Waals surface area contributed by atoms with E-state index in [1.807, 2.05) is 48.5 Å². The van der Waals surface area contributed by atoms with Gasteiger partial charge in [0.2, 0.25) is 5.95 Å². The van der Waals surface area contributed by atoms with Crippen molar-refractivity contribution >= 4 is 17.0 Å². The standard InChI is InChI=1S/C22H20N4O2/c1-28-17-9-5-8-16(14-17)18-11-13-23-20-19(18)21(27)26-22(25-20)24-12-10-15-6-3-2-4-7-15/h2-9,11,13-14H,10,12H2,1H3,(H2,23,24,25,26,27). The summed E-state index contributed by atoms with van der Waals surface area (Å²) in [5, 5.41) is 3.64. The van der Waals surface area contributed by atoms with Gasteiger partial charge in [0.25, 0.3) is 5.56 Å². The van der Waals surface area contributed by atoms with Crippen LogP contribution in [0, 0.1) is 0 Å². The topological polar surface area (TPSA) is 79.9 Å². The molecule has 0 aliphatic rings. The van der Waals surface area contributed by atoms with Crippen LogP contribution in [0.15, 0.2) is 71.7 Å². The minimum absolute atomic E-state index is 0.224. The van der Waals surface area contributed by atoms with Crippen molar-refractivity contribution in [1.29, 1.82) is 0 Å². The van der Waals surface area contributed by atoms with Crippen molar-refractivity contribution in [2.45, 2.75) is 6.42 Å². The van der Waals surface area contributed by atoms with Gasteiger partial charge in [0.1, 0.15) is 5.75 Å². The van der Waals surface area contributed by atoms with E-state index in [2.05, 4.69) is 32.4 Å². The van der Waals surface area contributed by atoms with E-state index in [1.165, 1.54) is 5.56 Å². The van der Waals surface area contributed by atoms with Gasteiger partial charge in [-0.2, -0.15) is 4.98 Å². The fourth-order valence-corrected chi connectivity index (χ4v) is 3.15. The van der Waals surface area contributed by atoms with Gasteiger partial charge in [-0.25, -0.2) is 4.98 Å². The Morgan fingerprint density at radius 3 is 2.75 bits per heavy atom. The highest BCUT2D eigenvalue weighted by Crippen LogP contribution is 2.27. The van der Waals surface area contributed by atoms with Crippen LogP contribution in [0.4, 0.5) is 5.95 Å². The van der Waals surface area contributed by atoms with Crippen molar-refractivity contribution in [3.63, 3.8) is 0 Å². The number of benzene rings is 2. The first-order chi connectivity index (χ1) is 13.7. The molecular formula is C22H20N4O2. The molecule has 0 aliphatic carbocycles. The predicted molar refractivity (Wildman–Crippen MR) is 111 cm³/mol. The first kappa shape index (κ1) is 17.7. The molecule has 0 bridgehead atoms. The van der Waals surface area contributed by atoms with Crippen LogP contribution in [-0.2, 0) is 6.42 Å². The molecule has 2 N–H and O–H groups in total. The van der Waals surface area contributed by atoms with E-state index in [1.54, 1.807) is 13.3 Å². The fourth-order valence-electron chi connectivity index (χ4n) is 3.15. The maximum atomic E-state index is 12.8. The molecule has 0 fully saturated rings. The van der Waals surface area contributed by atoms with Gasteiger partial charge in [0.15, 0.2) is 5.65 Å². The summed E-state index contributed by atoms with van der Waals surface area (Å²) in [6.07, 6.45) is 2.50. The molecule has 0 saturated carbocycles. The number of aromatic nitrogens is 3. The lowest BCUT2D eigenvalue weighted by Gasteiger charge is -2.09. The van der Waals surface area contributed by atoms with E-state index < -0.39 is 0 Å². The number of aromatic amines is 1. The summed E-state index contributed by atoms with van der Waals surface area (Å²) in [7, 11) is 1.62. The molecule has 0 radical (unpaired) electrons. The number of fused-ring (bicyclic) bond motifs is 1. The van der Waals surface area contributed by atoms with Crippen molar-refractivity contribution in [3.8, 4) is 16.9 Å². The van der Waals surface area contributed by atoms with Gasteiger partial charge >= 0.3 is 0 Å². The highest BCUT2D eigenvalue weighted by molar-refractivity contribution is 5.92. The molecular weight excluding hydrogens is 352 g/mol. The highest BCUT2D eigenvalue weighted by Gasteiger charge is 2.12. The summed E-state index contributed by atoms with van der Waals surface area (Å²) in [5.74, 6) is 1.15. The maximum absolute atomic E-state index is 12.8. The van der Waals surface area contributed by atoms with Crippen LogP contribution in [0.3, 0.4) is 0 Å². The Morgan fingerprint density at radius 1 is 1.07 bits per heavy atom. The summed E-state index contributed by atoms with van der Waals surface area (Å²) < 4.78 is 5.29. The zero-order valence-corrected chi connectivity index (χ0v) is 15.5. The third-order valence-electron chi connectivity index (χ3n) is 4.54. The number of hydrogen-bond acceptors (Lipinski definition) is 5. The summed E-state index contributed by atoms with van der Waals surface area (Å²) in [5.41, 5.74) is 3.05. The second-order valence-corrected chi connectivity index (χ2v) is 6.37. The summed E-state index contributed by atoms with van der Waals surface area (Å²) in [6.45, 7) is 0.661. The third-order valence-corrected chi connectivity index (χ3v) is 4.54. The van der Waals surface area contributed by atoms with Gasteiger partial charge in [-0.3, -0.25) is 9.78 Å². The molecule has 0 atom stereocenters. The van der Waals surface area contributed by atoms with Crippen LogP contribution in [0.2, 0.25) is 0 Å². The van der Waals surface area contributed by atoms with E-state index in [9.17, 15) is 4.79 Å². The first-order valence-corrected chi connectivity index (χ1v) is 9.06. The summed E-state index contributed by atoms with van der Waals surface area (Å²) in [6, 6.07) is 19.5. The smallest absolute Gasteiger partial charge is 0.262 e. The number of nitrogens with zero attached hydrogens (tertiary/aromatic N) is 2. The van der Waals surface area contributed by atoms with Gasteiger partial charge in [0.05, 0.1) is 12.5 Å². The average Bonchev–Trinajstić information content (AvgIpc) is 2.74. The quantitative estimate of drug-likeness (QED) is 0.540. The Kier molecular flexibility index (Phi) is 5.01. The molecule has 0 saturated heterocycles. The molecule has 0 amide bonds. The van der Waals surface area contributed by atoms with Crippen molar-refractivity contribution in [2.75, 3.05) is 19.0 Å². The predicted octanol–water partition coefficient (Wildman–Crippen LogP) is 3.65. The number of H-pyrrole nitrogens is 1. The fraction of sp³-hybridized carbons (Fsp3) is 0.136. The Hall–Kier alpha value is -3.67. The van der Waals surface area contributed by atoms with Crippen LogP contribution in [-0.4, -0.2) is 28.6 Å². The lowest BCUT2D eigenvalue weighted by atomic mass is 10.0. The van der Waals surface area contributed by atoms with Crippen LogP contribution < -0.4 is 15.6 Å². The van der Waals surface area contributed by atoms with E-state index >= 15 is 0 Å². The van der Waals surface area contributed by atoms with Crippen LogP contribution in [0.1, 0.15) is 5.56 Å². The van der Waals surface area contributed by atoms with E-state index in [0.29, 0.717) is 23.5 Å². The molecule has 4 aromatic rings. The maximum Gasteiger partial charge on any atom is 0.262 e. The third kappa shape index (κ3) is 3.71. The molecule has 140 valence electrons. The second-order valence-electron chi connectivity index (χ2n) is 6.37. The monoisotopic (exact) mass is 372 g/mol. The number of hydrogen-bond donors (Lipinski definition) is 2. The number of anilines is 1. The molecule has 6 nitrogen and oxygen atoms in total. The second kappa shape index (κ2) is 7.92. The zero-order valence-electron chi connectivity index (χ0n) is 15.5.